The predicted octanol–water partition coefficient (Wildman–Crippen LogP) is 6.05. The Kier molecular flexibility index (Phi) is 5.68. The SMILES string of the molecule is COc1ccc(NC(=O)c2sc(SC)cc2-c2ccc(Cl)cc2)cc1. The highest BCUT2D eigenvalue weighted by Gasteiger charge is 2.18. The lowest BCUT2D eigenvalue weighted by atomic mass is 10.1. The minimum atomic E-state index is -0.125. The van der Waals surface area contributed by atoms with Crippen molar-refractivity contribution in [3.8, 4) is 16.9 Å². The van der Waals surface area contributed by atoms with Gasteiger partial charge in [0.2, 0.25) is 0 Å². The number of benzene rings is 2. The number of rotatable bonds is 5. The Labute approximate surface area is 160 Å². The molecule has 3 nitrogen and oxygen atoms in total. The first-order valence-corrected chi connectivity index (χ1v) is 9.92. The topological polar surface area (TPSA) is 38.3 Å². The van der Waals surface area contributed by atoms with Gasteiger partial charge in [-0.3, -0.25) is 4.79 Å². The minimum absolute atomic E-state index is 0.125. The highest BCUT2D eigenvalue weighted by atomic mass is 35.5. The van der Waals surface area contributed by atoms with E-state index >= 15 is 0 Å². The Hall–Kier alpha value is -1.95. The summed E-state index contributed by atoms with van der Waals surface area (Å²) in [4.78, 5) is 13.5. The quantitative estimate of drug-likeness (QED) is 0.539. The van der Waals surface area contributed by atoms with Crippen molar-refractivity contribution in [2.45, 2.75) is 4.21 Å². The highest BCUT2D eigenvalue weighted by Crippen LogP contribution is 2.37. The molecule has 6 heteroatoms. The largest absolute Gasteiger partial charge is 0.497 e. The zero-order valence-electron chi connectivity index (χ0n) is 13.7. The molecule has 1 heterocycles. The second kappa shape index (κ2) is 7.95. The van der Waals surface area contributed by atoms with Crippen molar-refractivity contribution in [3.05, 3.63) is 64.5 Å². The third kappa shape index (κ3) is 4.18. The molecule has 0 unspecified atom stereocenters. The molecule has 1 N–H and O–H groups in total. The molecule has 3 aromatic rings. The second-order valence-corrected chi connectivity index (χ2v) is 7.80. The van der Waals surface area contributed by atoms with Gasteiger partial charge in [-0.15, -0.1) is 23.1 Å². The molecule has 0 bridgehead atoms. The Morgan fingerprint density at radius 3 is 2.40 bits per heavy atom. The molecule has 1 amide bonds. The van der Waals surface area contributed by atoms with Crippen LogP contribution < -0.4 is 10.1 Å². The van der Waals surface area contributed by atoms with Crippen LogP contribution in [0.1, 0.15) is 9.67 Å². The van der Waals surface area contributed by atoms with Crippen LogP contribution in [0.25, 0.3) is 11.1 Å². The van der Waals surface area contributed by atoms with E-state index in [2.05, 4.69) is 5.32 Å². The van der Waals surface area contributed by atoms with Crippen molar-refractivity contribution >= 4 is 46.3 Å². The smallest absolute Gasteiger partial charge is 0.266 e. The van der Waals surface area contributed by atoms with Crippen LogP contribution in [0, 0.1) is 0 Å². The number of hydrogen-bond donors (Lipinski definition) is 1. The van der Waals surface area contributed by atoms with Crippen molar-refractivity contribution in [1.82, 2.24) is 0 Å². The van der Waals surface area contributed by atoms with Crippen LogP contribution in [0.2, 0.25) is 5.02 Å². The van der Waals surface area contributed by atoms with E-state index in [1.165, 1.54) is 11.3 Å². The zero-order chi connectivity index (χ0) is 17.8. The van der Waals surface area contributed by atoms with E-state index in [1.54, 1.807) is 18.9 Å². The minimum Gasteiger partial charge on any atom is -0.497 e. The summed E-state index contributed by atoms with van der Waals surface area (Å²) >= 11 is 9.09. The standard InChI is InChI=1S/C19H16ClNO2S2/c1-23-15-9-7-14(8-10-15)21-19(22)18-16(11-17(24-2)25-18)12-3-5-13(20)6-4-12/h3-11H,1-2H3,(H,21,22). The van der Waals surface area contributed by atoms with Gasteiger partial charge in [0, 0.05) is 16.3 Å². The van der Waals surface area contributed by atoms with Gasteiger partial charge in [0.15, 0.2) is 0 Å². The van der Waals surface area contributed by atoms with Gasteiger partial charge in [-0.2, -0.15) is 0 Å². The second-order valence-electron chi connectivity index (χ2n) is 5.20. The lowest BCUT2D eigenvalue weighted by Crippen LogP contribution is -2.11. The number of anilines is 1. The molecular weight excluding hydrogens is 374 g/mol. The van der Waals surface area contributed by atoms with E-state index in [0.717, 1.165) is 26.8 Å². The summed E-state index contributed by atoms with van der Waals surface area (Å²) in [5.74, 6) is 0.626. The monoisotopic (exact) mass is 389 g/mol. The van der Waals surface area contributed by atoms with E-state index in [9.17, 15) is 4.79 Å². The first kappa shape index (κ1) is 17.9. The van der Waals surface area contributed by atoms with Crippen molar-refractivity contribution in [1.29, 1.82) is 0 Å². The summed E-state index contributed by atoms with van der Waals surface area (Å²) in [6.45, 7) is 0. The summed E-state index contributed by atoms with van der Waals surface area (Å²) in [6.07, 6.45) is 2.00. The molecule has 0 radical (unpaired) electrons. The van der Waals surface area contributed by atoms with Crippen LogP contribution in [-0.2, 0) is 0 Å². The Morgan fingerprint density at radius 2 is 1.80 bits per heavy atom. The van der Waals surface area contributed by atoms with Gasteiger partial charge < -0.3 is 10.1 Å². The Morgan fingerprint density at radius 1 is 1.12 bits per heavy atom. The number of hydrogen-bond acceptors (Lipinski definition) is 4. The zero-order valence-corrected chi connectivity index (χ0v) is 16.1. The molecule has 0 saturated carbocycles. The molecule has 0 atom stereocenters. The number of halogens is 1. The number of nitrogens with one attached hydrogen (secondary N) is 1. The summed E-state index contributed by atoms with van der Waals surface area (Å²) in [6, 6.07) is 16.8. The maximum atomic E-state index is 12.8. The van der Waals surface area contributed by atoms with Crippen LogP contribution in [0.15, 0.2) is 58.8 Å². The Balaban J connectivity index is 1.90. The van der Waals surface area contributed by atoms with Crippen LogP contribution in [0.3, 0.4) is 0 Å². The van der Waals surface area contributed by atoms with Crippen LogP contribution >= 0.6 is 34.7 Å². The van der Waals surface area contributed by atoms with Crippen molar-refractivity contribution in [2.24, 2.45) is 0 Å². The maximum Gasteiger partial charge on any atom is 0.266 e. The van der Waals surface area contributed by atoms with Crippen molar-refractivity contribution < 1.29 is 9.53 Å². The fourth-order valence-electron chi connectivity index (χ4n) is 2.34. The van der Waals surface area contributed by atoms with E-state index in [4.69, 9.17) is 16.3 Å². The predicted molar refractivity (Wildman–Crippen MR) is 107 cm³/mol. The number of thioether (sulfide) groups is 1. The number of methoxy groups -OCH3 is 1. The van der Waals surface area contributed by atoms with Crippen LogP contribution in [0.4, 0.5) is 5.69 Å². The molecule has 0 aliphatic heterocycles. The van der Waals surface area contributed by atoms with Gasteiger partial charge in [0.25, 0.3) is 5.91 Å². The summed E-state index contributed by atoms with van der Waals surface area (Å²) in [5.41, 5.74) is 2.62. The average molecular weight is 390 g/mol. The molecule has 0 saturated heterocycles. The van der Waals surface area contributed by atoms with Gasteiger partial charge in [-0.05, 0) is 54.3 Å². The molecule has 0 fully saturated rings. The van der Waals surface area contributed by atoms with Gasteiger partial charge >= 0.3 is 0 Å². The molecule has 128 valence electrons. The molecule has 0 aliphatic rings. The van der Waals surface area contributed by atoms with Crippen molar-refractivity contribution in [3.63, 3.8) is 0 Å². The molecule has 1 aromatic heterocycles. The normalized spacial score (nSPS) is 10.5. The van der Waals surface area contributed by atoms with E-state index < -0.39 is 0 Å². The number of amides is 1. The van der Waals surface area contributed by atoms with E-state index in [0.29, 0.717) is 9.90 Å². The number of carbonyl (C=O) groups excluding carboxylic acids is 1. The van der Waals surface area contributed by atoms with Gasteiger partial charge in [-0.1, -0.05) is 23.7 Å². The fraction of sp³-hybridized carbons (Fsp3) is 0.105. The first-order valence-electron chi connectivity index (χ1n) is 7.50. The average Bonchev–Trinajstić information content (AvgIpc) is 3.07. The summed E-state index contributed by atoms with van der Waals surface area (Å²) < 4.78 is 6.23. The Bertz CT molecular complexity index is 873. The fourth-order valence-corrected chi connectivity index (χ4v) is 4.10. The molecule has 2 aromatic carbocycles. The molecule has 0 spiro atoms. The third-order valence-corrected chi connectivity index (χ3v) is 6.07. The third-order valence-electron chi connectivity index (χ3n) is 3.62. The molecule has 3 rings (SSSR count). The highest BCUT2D eigenvalue weighted by molar-refractivity contribution is 8.00. The van der Waals surface area contributed by atoms with Crippen molar-refractivity contribution in [2.75, 3.05) is 18.7 Å². The lowest BCUT2D eigenvalue weighted by molar-refractivity contribution is 0.103. The van der Waals surface area contributed by atoms with Gasteiger partial charge in [0.1, 0.15) is 10.6 Å². The number of carbonyl (C=O) groups is 1. The first-order chi connectivity index (χ1) is 12.1. The summed E-state index contributed by atoms with van der Waals surface area (Å²) in [5, 5.41) is 3.62. The number of thiophene rings is 1. The number of ether oxygens (including phenoxy) is 1. The van der Waals surface area contributed by atoms with Crippen LogP contribution in [0.5, 0.6) is 5.75 Å². The van der Waals surface area contributed by atoms with E-state index in [1.807, 2.05) is 60.9 Å². The van der Waals surface area contributed by atoms with Gasteiger partial charge in [-0.25, -0.2) is 0 Å². The van der Waals surface area contributed by atoms with E-state index in [-0.39, 0.29) is 5.91 Å². The molecular formula is C19H16ClNO2S2. The maximum absolute atomic E-state index is 12.8. The van der Waals surface area contributed by atoms with Gasteiger partial charge in [0.05, 0.1) is 11.3 Å². The lowest BCUT2D eigenvalue weighted by Gasteiger charge is -2.07. The van der Waals surface area contributed by atoms with Crippen LogP contribution in [-0.4, -0.2) is 19.3 Å². The molecule has 0 aliphatic carbocycles. The molecule has 25 heavy (non-hydrogen) atoms. The summed E-state index contributed by atoms with van der Waals surface area (Å²) in [7, 11) is 1.61.